The number of hydrogen-bond donors (Lipinski definition) is 1. The average molecular weight is 412 g/mol. The Kier molecular flexibility index (Phi) is 6.06. The lowest BCUT2D eigenvalue weighted by atomic mass is 10.1. The van der Waals surface area contributed by atoms with Crippen LogP contribution in [0, 0.1) is 6.92 Å². The van der Waals surface area contributed by atoms with Crippen molar-refractivity contribution in [2.24, 2.45) is 0 Å². The number of nitrogens with zero attached hydrogens (tertiary/aromatic N) is 1. The zero-order valence-electron chi connectivity index (χ0n) is 16.8. The maximum atomic E-state index is 13.1. The summed E-state index contributed by atoms with van der Waals surface area (Å²) in [7, 11) is -6.29. The first-order chi connectivity index (χ1) is 12.3. The molecule has 1 amide bonds. The standard InChI is InChI=1S/C19H29NO5SSi/c1-14-7-9-15(10-8-14)26(23,24)20-16(17(21)11-12-18(20)22)13-25-27(5,6)19(2,3)4/h7-12,16-17,21H,13H2,1-6H3/t16-,17+/m1/s1. The number of rotatable bonds is 5. The van der Waals surface area contributed by atoms with Gasteiger partial charge in [-0.25, -0.2) is 12.7 Å². The first-order valence-corrected chi connectivity index (χ1v) is 13.3. The third kappa shape index (κ3) is 4.51. The SMILES string of the molecule is Cc1ccc(S(=O)(=O)N2C(=O)C=C[C@H](O)[C@H]2CO[Si](C)(C)C(C)(C)C)cc1. The van der Waals surface area contributed by atoms with Gasteiger partial charge in [-0.15, -0.1) is 0 Å². The van der Waals surface area contributed by atoms with Gasteiger partial charge < -0.3 is 9.53 Å². The monoisotopic (exact) mass is 411 g/mol. The van der Waals surface area contributed by atoms with Crippen LogP contribution in [0.4, 0.5) is 0 Å². The Bertz CT molecular complexity index is 825. The lowest BCUT2D eigenvalue weighted by molar-refractivity contribution is -0.126. The minimum Gasteiger partial charge on any atom is -0.415 e. The van der Waals surface area contributed by atoms with E-state index in [9.17, 15) is 18.3 Å². The molecule has 0 bridgehead atoms. The molecule has 1 aliphatic rings. The van der Waals surface area contributed by atoms with Gasteiger partial charge in [0.05, 0.1) is 17.6 Å². The van der Waals surface area contributed by atoms with Gasteiger partial charge in [-0.1, -0.05) is 38.5 Å². The highest BCUT2D eigenvalue weighted by Gasteiger charge is 2.43. The van der Waals surface area contributed by atoms with Crippen LogP contribution >= 0.6 is 0 Å². The lowest BCUT2D eigenvalue weighted by Gasteiger charge is -2.40. The summed E-state index contributed by atoms with van der Waals surface area (Å²) < 4.78 is 33.1. The van der Waals surface area contributed by atoms with Gasteiger partial charge in [-0.05, 0) is 43.3 Å². The van der Waals surface area contributed by atoms with Crippen molar-refractivity contribution in [3.05, 3.63) is 42.0 Å². The largest absolute Gasteiger partial charge is 0.415 e. The highest BCUT2D eigenvalue weighted by atomic mass is 32.2. The first-order valence-electron chi connectivity index (χ1n) is 8.93. The van der Waals surface area contributed by atoms with Crippen molar-refractivity contribution in [1.82, 2.24) is 4.31 Å². The van der Waals surface area contributed by atoms with Crippen molar-refractivity contribution in [3.8, 4) is 0 Å². The van der Waals surface area contributed by atoms with Crippen LogP contribution in [0.5, 0.6) is 0 Å². The van der Waals surface area contributed by atoms with E-state index in [1.807, 2.05) is 20.0 Å². The zero-order chi connectivity index (χ0) is 20.6. The number of carbonyl (C=O) groups is 1. The van der Waals surface area contributed by atoms with Crippen LogP contribution < -0.4 is 0 Å². The van der Waals surface area contributed by atoms with E-state index >= 15 is 0 Å². The molecule has 8 heteroatoms. The summed E-state index contributed by atoms with van der Waals surface area (Å²) in [6, 6.07) is 5.29. The molecule has 1 aromatic rings. The molecule has 6 nitrogen and oxygen atoms in total. The normalized spacial score (nSPS) is 21.6. The Balaban J connectivity index is 2.38. The van der Waals surface area contributed by atoms with Crippen molar-refractivity contribution in [1.29, 1.82) is 0 Å². The molecule has 0 saturated carbocycles. The molecule has 0 aromatic heterocycles. The lowest BCUT2D eigenvalue weighted by Crippen LogP contribution is -2.55. The smallest absolute Gasteiger partial charge is 0.267 e. The molecule has 2 atom stereocenters. The number of aryl methyl sites for hydroxylation is 1. The van der Waals surface area contributed by atoms with Gasteiger partial charge in [0, 0.05) is 6.08 Å². The molecule has 0 radical (unpaired) electrons. The number of benzene rings is 1. The Morgan fingerprint density at radius 3 is 2.26 bits per heavy atom. The predicted molar refractivity (Wildman–Crippen MR) is 107 cm³/mol. The van der Waals surface area contributed by atoms with Gasteiger partial charge in [0.2, 0.25) is 0 Å². The number of aliphatic hydroxyl groups is 1. The second kappa shape index (κ2) is 7.50. The summed E-state index contributed by atoms with van der Waals surface area (Å²) >= 11 is 0. The quantitative estimate of drug-likeness (QED) is 0.753. The third-order valence-electron chi connectivity index (χ3n) is 5.35. The number of sulfonamides is 1. The molecule has 1 aromatic carbocycles. The third-order valence-corrected chi connectivity index (χ3v) is 11.7. The summed E-state index contributed by atoms with van der Waals surface area (Å²) in [5.41, 5.74) is 0.914. The fourth-order valence-electron chi connectivity index (χ4n) is 2.48. The summed E-state index contributed by atoms with van der Waals surface area (Å²) in [5.74, 6) is -0.676. The van der Waals surface area contributed by atoms with Gasteiger partial charge in [-0.2, -0.15) is 0 Å². The van der Waals surface area contributed by atoms with E-state index in [4.69, 9.17) is 4.43 Å². The molecule has 1 N–H and O–H groups in total. The Morgan fingerprint density at radius 2 is 1.74 bits per heavy atom. The van der Waals surface area contributed by atoms with E-state index in [1.54, 1.807) is 12.1 Å². The minimum atomic E-state index is -4.11. The molecule has 0 aliphatic carbocycles. The van der Waals surface area contributed by atoms with Crippen molar-refractivity contribution >= 4 is 24.2 Å². The van der Waals surface area contributed by atoms with Gasteiger partial charge in [0.25, 0.3) is 15.9 Å². The number of carbonyl (C=O) groups excluding carboxylic acids is 1. The molecule has 0 spiro atoms. The van der Waals surface area contributed by atoms with Crippen LogP contribution in [-0.2, 0) is 19.2 Å². The second-order valence-corrected chi connectivity index (χ2v) is 15.1. The Morgan fingerprint density at radius 1 is 1.19 bits per heavy atom. The van der Waals surface area contributed by atoms with Gasteiger partial charge in [0.15, 0.2) is 8.32 Å². The number of amides is 1. The molecule has 150 valence electrons. The van der Waals surface area contributed by atoms with Crippen LogP contribution in [0.15, 0.2) is 41.3 Å². The zero-order valence-corrected chi connectivity index (χ0v) is 18.6. The summed E-state index contributed by atoms with van der Waals surface area (Å²) in [6.07, 6.45) is 1.30. The van der Waals surface area contributed by atoms with E-state index in [-0.39, 0.29) is 16.5 Å². The van der Waals surface area contributed by atoms with E-state index in [1.165, 1.54) is 18.2 Å². The maximum Gasteiger partial charge on any atom is 0.267 e. The Labute approximate surface area is 163 Å². The highest BCUT2D eigenvalue weighted by molar-refractivity contribution is 7.89. The molecule has 0 saturated heterocycles. The fourth-order valence-corrected chi connectivity index (χ4v) is 5.05. The highest BCUT2D eigenvalue weighted by Crippen LogP contribution is 2.37. The molecular formula is C19H29NO5SSi. The van der Waals surface area contributed by atoms with Crippen LogP contribution in [0.1, 0.15) is 26.3 Å². The van der Waals surface area contributed by atoms with Crippen molar-refractivity contribution in [2.45, 2.75) is 62.9 Å². The van der Waals surface area contributed by atoms with Gasteiger partial charge in [0.1, 0.15) is 6.04 Å². The molecule has 0 unspecified atom stereocenters. The summed E-state index contributed by atoms with van der Waals surface area (Å²) in [6.45, 7) is 12.1. The minimum absolute atomic E-state index is 0.0151. The molecule has 27 heavy (non-hydrogen) atoms. The van der Waals surface area contributed by atoms with Crippen LogP contribution in [0.25, 0.3) is 0 Å². The van der Waals surface area contributed by atoms with Crippen LogP contribution in [0.3, 0.4) is 0 Å². The van der Waals surface area contributed by atoms with Crippen LogP contribution in [-0.4, -0.2) is 50.8 Å². The summed E-state index contributed by atoms with van der Waals surface area (Å²) in [5, 5.41) is 10.3. The topological polar surface area (TPSA) is 83.9 Å². The first kappa shape index (κ1) is 21.8. The second-order valence-electron chi connectivity index (χ2n) is 8.44. The van der Waals surface area contributed by atoms with Crippen molar-refractivity contribution in [2.75, 3.05) is 6.61 Å². The number of aliphatic hydroxyl groups excluding tert-OH is 1. The van der Waals surface area contributed by atoms with Crippen molar-refractivity contribution < 1.29 is 22.7 Å². The fraction of sp³-hybridized carbons (Fsp3) is 0.526. The van der Waals surface area contributed by atoms with E-state index in [2.05, 4.69) is 20.8 Å². The molecular weight excluding hydrogens is 382 g/mol. The van der Waals surface area contributed by atoms with E-state index in [0.717, 1.165) is 15.9 Å². The molecule has 2 rings (SSSR count). The van der Waals surface area contributed by atoms with Crippen molar-refractivity contribution in [3.63, 3.8) is 0 Å². The average Bonchev–Trinajstić information content (AvgIpc) is 2.54. The number of hydrogen-bond acceptors (Lipinski definition) is 5. The van der Waals surface area contributed by atoms with E-state index < -0.39 is 36.4 Å². The van der Waals surface area contributed by atoms with Crippen LogP contribution in [0.2, 0.25) is 18.1 Å². The van der Waals surface area contributed by atoms with Gasteiger partial charge in [-0.3, -0.25) is 4.79 Å². The molecule has 1 aliphatic heterocycles. The summed E-state index contributed by atoms with van der Waals surface area (Å²) in [4.78, 5) is 12.5. The van der Waals surface area contributed by atoms with E-state index in [0.29, 0.717) is 0 Å². The predicted octanol–water partition coefficient (Wildman–Crippen LogP) is 2.83. The van der Waals surface area contributed by atoms with Gasteiger partial charge >= 0.3 is 0 Å². The maximum absolute atomic E-state index is 13.1. The Hall–Kier alpha value is -1.48. The molecule has 1 heterocycles. The molecule has 0 fully saturated rings.